The van der Waals surface area contributed by atoms with Crippen LogP contribution in [0.15, 0.2) is 18.3 Å². The molecule has 0 amide bonds. The Morgan fingerprint density at radius 3 is 2.67 bits per heavy atom. The lowest BCUT2D eigenvalue weighted by atomic mass is 9.85. The fourth-order valence-electron chi connectivity index (χ4n) is 1.59. The molecule has 0 fully saturated rings. The quantitative estimate of drug-likeness (QED) is 0.469. The molecule has 0 saturated carbocycles. The minimum absolute atomic E-state index is 0.0488. The van der Waals surface area contributed by atoms with E-state index >= 15 is 0 Å². The lowest BCUT2D eigenvalue weighted by Gasteiger charge is -2.29. The number of hydrogen-bond donors (Lipinski definition) is 1. The van der Waals surface area contributed by atoms with Gasteiger partial charge >= 0.3 is 5.82 Å². The first-order valence-electron chi connectivity index (χ1n) is 5.91. The molecule has 0 saturated heterocycles. The first-order chi connectivity index (χ1) is 8.58. The summed E-state index contributed by atoms with van der Waals surface area (Å²) in [6.45, 7) is 4.55. The molecule has 1 aromatic heterocycles. The largest absolute Gasteiger partial charge is 0.485 e. The normalized spacial score (nSPS) is 11.3. The van der Waals surface area contributed by atoms with Crippen molar-refractivity contribution in [1.82, 2.24) is 4.98 Å². The second kappa shape index (κ2) is 6.58. The molecule has 100 valence electrons. The lowest BCUT2D eigenvalue weighted by Crippen LogP contribution is -2.29. The van der Waals surface area contributed by atoms with E-state index in [1.807, 2.05) is 0 Å². The van der Waals surface area contributed by atoms with Crippen LogP contribution in [0.1, 0.15) is 26.7 Å². The first-order valence-corrected chi connectivity index (χ1v) is 6.55. The van der Waals surface area contributed by atoms with Gasteiger partial charge in [0.2, 0.25) is 5.75 Å². The van der Waals surface area contributed by atoms with Gasteiger partial charge in [-0.15, -0.1) is 0 Å². The van der Waals surface area contributed by atoms with Crippen LogP contribution in [0.3, 0.4) is 0 Å². The molecule has 0 aliphatic rings. The number of thiol groups is 1. The van der Waals surface area contributed by atoms with Crippen LogP contribution in [0.2, 0.25) is 0 Å². The number of aromatic nitrogens is 1. The molecule has 5 nitrogen and oxygen atoms in total. The van der Waals surface area contributed by atoms with E-state index in [0.29, 0.717) is 12.4 Å². The minimum atomic E-state index is -0.532. The Bertz CT molecular complexity index is 400. The molecule has 0 N–H and O–H groups in total. The van der Waals surface area contributed by atoms with E-state index in [9.17, 15) is 10.1 Å². The summed E-state index contributed by atoms with van der Waals surface area (Å²) < 4.78 is 5.58. The Balaban J connectivity index is 2.83. The summed E-state index contributed by atoms with van der Waals surface area (Å²) in [6.07, 6.45) is 3.22. The zero-order valence-corrected chi connectivity index (χ0v) is 11.5. The van der Waals surface area contributed by atoms with Crippen molar-refractivity contribution in [3.8, 4) is 5.75 Å². The van der Waals surface area contributed by atoms with Crippen LogP contribution in [-0.4, -0.2) is 22.3 Å². The van der Waals surface area contributed by atoms with Gasteiger partial charge in [-0.2, -0.15) is 12.6 Å². The summed E-state index contributed by atoms with van der Waals surface area (Å²) in [5.74, 6) is 0.668. The van der Waals surface area contributed by atoms with Gasteiger partial charge in [-0.25, -0.2) is 0 Å². The van der Waals surface area contributed by atoms with Gasteiger partial charge in [-0.1, -0.05) is 13.8 Å². The number of nitrogens with zero attached hydrogens (tertiary/aromatic N) is 2. The standard InChI is InChI=1S/C12H18N2O3S/c1-3-12(4-2,9-18)8-17-10-6-5-7-13-11(10)14(15)16/h5-7,18H,3-4,8-9H2,1-2H3. The van der Waals surface area contributed by atoms with Crippen LogP contribution in [0.4, 0.5) is 5.82 Å². The summed E-state index contributed by atoms with van der Waals surface area (Å²) in [4.78, 5) is 14.0. The predicted molar refractivity (Wildman–Crippen MR) is 73.3 cm³/mol. The average Bonchev–Trinajstić information content (AvgIpc) is 2.41. The van der Waals surface area contributed by atoms with Crippen molar-refractivity contribution >= 4 is 18.4 Å². The second-order valence-electron chi connectivity index (χ2n) is 4.24. The number of rotatable bonds is 7. The average molecular weight is 270 g/mol. The van der Waals surface area contributed by atoms with Crippen LogP contribution >= 0.6 is 12.6 Å². The van der Waals surface area contributed by atoms with Crippen LogP contribution in [0.5, 0.6) is 5.75 Å². The maximum Gasteiger partial charge on any atom is 0.406 e. The van der Waals surface area contributed by atoms with Gasteiger partial charge in [0.15, 0.2) is 0 Å². The molecular formula is C12H18N2O3S. The molecule has 0 atom stereocenters. The van der Waals surface area contributed by atoms with Gasteiger partial charge in [0.1, 0.15) is 6.20 Å². The van der Waals surface area contributed by atoms with E-state index in [4.69, 9.17) is 4.74 Å². The zero-order valence-electron chi connectivity index (χ0n) is 10.6. The SMILES string of the molecule is CCC(CC)(CS)COc1cccnc1[N+](=O)[O-]. The van der Waals surface area contributed by atoms with E-state index < -0.39 is 4.92 Å². The van der Waals surface area contributed by atoms with E-state index in [-0.39, 0.29) is 17.0 Å². The van der Waals surface area contributed by atoms with Crippen molar-refractivity contribution in [1.29, 1.82) is 0 Å². The summed E-state index contributed by atoms with van der Waals surface area (Å²) in [5, 5.41) is 10.8. The monoisotopic (exact) mass is 270 g/mol. The van der Waals surface area contributed by atoms with Crippen molar-refractivity contribution in [3.05, 3.63) is 28.4 Å². The highest BCUT2D eigenvalue weighted by atomic mass is 32.1. The molecule has 1 aromatic rings. The predicted octanol–water partition coefficient (Wildman–Crippen LogP) is 3.10. The van der Waals surface area contributed by atoms with Gasteiger partial charge in [-0.3, -0.25) is 0 Å². The van der Waals surface area contributed by atoms with Gasteiger partial charge in [0, 0.05) is 5.41 Å². The Morgan fingerprint density at radius 2 is 2.17 bits per heavy atom. The lowest BCUT2D eigenvalue weighted by molar-refractivity contribution is -0.390. The van der Waals surface area contributed by atoms with Gasteiger partial charge in [0.05, 0.1) is 6.61 Å². The Hall–Kier alpha value is -1.30. The summed E-state index contributed by atoms with van der Waals surface area (Å²) in [7, 11) is 0. The van der Waals surface area contributed by atoms with Crippen molar-refractivity contribution in [2.24, 2.45) is 5.41 Å². The molecule has 0 radical (unpaired) electrons. The zero-order chi connectivity index (χ0) is 13.6. The third kappa shape index (κ3) is 3.35. The topological polar surface area (TPSA) is 65.3 Å². The summed E-state index contributed by atoms with van der Waals surface area (Å²) in [5.41, 5.74) is -0.0488. The van der Waals surface area contributed by atoms with Gasteiger partial charge in [0.25, 0.3) is 0 Å². The minimum Gasteiger partial charge on any atom is -0.485 e. The second-order valence-corrected chi connectivity index (χ2v) is 4.55. The smallest absolute Gasteiger partial charge is 0.406 e. The van der Waals surface area contributed by atoms with Crippen LogP contribution in [-0.2, 0) is 0 Å². The molecule has 0 aromatic carbocycles. The van der Waals surface area contributed by atoms with Crippen molar-refractivity contribution < 1.29 is 9.66 Å². The summed E-state index contributed by atoms with van der Waals surface area (Å²) in [6, 6.07) is 3.20. The Kier molecular flexibility index (Phi) is 5.40. The Labute approximate surface area is 112 Å². The van der Waals surface area contributed by atoms with Crippen LogP contribution in [0.25, 0.3) is 0 Å². The molecule has 0 unspecified atom stereocenters. The highest BCUT2D eigenvalue weighted by molar-refractivity contribution is 7.80. The Morgan fingerprint density at radius 1 is 1.50 bits per heavy atom. The van der Waals surface area contributed by atoms with Crippen LogP contribution in [0, 0.1) is 15.5 Å². The highest BCUT2D eigenvalue weighted by Crippen LogP contribution is 2.31. The van der Waals surface area contributed by atoms with Gasteiger partial charge in [-0.05, 0) is 40.6 Å². The van der Waals surface area contributed by atoms with Crippen molar-refractivity contribution in [2.45, 2.75) is 26.7 Å². The highest BCUT2D eigenvalue weighted by Gasteiger charge is 2.27. The first kappa shape index (κ1) is 14.8. The van der Waals surface area contributed by atoms with E-state index in [0.717, 1.165) is 12.8 Å². The fourth-order valence-corrected chi connectivity index (χ4v) is 2.12. The number of ether oxygens (including phenoxy) is 1. The van der Waals surface area contributed by atoms with E-state index in [1.165, 1.54) is 6.20 Å². The third-order valence-electron chi connectivity index (χ3n) is 3.29. The van der Waals surface area contributed by atoms with E-state index in [1.54, 1.807) is 12.1 Å². The molecule has 0 bridgehead atoms. The van der Waals surface area contributed by atoms with E-state index in [2.05, 4.69) is 31.5 Å². The van der Waals surface area contributed by atoms with Crippen molar-refractivity contribution in [2.75, 3.05) is 12.4 Å². The number of hydrogen-bond acceptors (Lipinski definition) is 5. The maximum atomic E-state index is 10.8. The van der Waals surface area contributed by atoms with Gasteiger partial charge < -0.3 is 14.9 Å². The molecule has 0 spiro atoms. The maximum absolute atomic E-state index is 10.8. The third-order valence-corrected chi connectivity index (χ3v) is 3.96. The van der Waals surface area contributed by atoms with Crippen molar-refractivity contribution in [3.63, 3.8) is 0 Å². The molecule has 0 aliphatic carbocycles. The summed E-state index contributed by atoms with van der Waals surface area (Å²) >= 11 is 4.34. The molecule has 1 rings (SSSR count). The fraction of sp³-hybridized carbons (Fsp3) is 0.583. The molecule has 6 heteroatoms. The molecule has 18 heavy (non-hydrogen) atoms. The number of pyridine rings is 1. The van der Waals surface area contributed by atoms with Crippen LogP contribution < -0.4 is 4.74 Å². The molecular weight excluding hydrogens is 252 g/mol. The molecule has 0 aliphatic heterocycles. The molecule has 1 heterocycles. The number of nitro groups is 1.